The predicted octanol–water partition coefficient (Wildman–Crippen LogP) is 2.14. The van der Waals surface area contributed by atoms with Crippen LogP contribution in [0.1, 0.15) is 20.8 Å². The van der Waals surface area contributed by atoms with E-state index in [-0.39, 0.29) is 31.6 Å². The lowest BCUT2D eigenvalue weighted by molar-refractivity contribution is -0.154. The molecule has 1 N–H and O–H groups in total. The first-order valence-electron chi connectivity index (χ1n) is 15.3. The number of para-hydroxylation sites is 1. The van der Waals surface area contributed by atoms with Gasteiger partial charge in [-0.05, 0) is 57.2 Å². The van der Waals surface area contributed by atoms with Gasteiger partial charge in [0.1, 0.15) is 29.6 Å². The van der Waals surface area contributed by atoms with Gasteiger partial charge >= 0.3 is 0 Å². The molecule has 0 radical (unpaired) electrons. The Morgan fingerprint density at radius 3 is 2.51 bits per heavy atom. The number of ether oxygens (including phenoxy) is 2. The van der Waals surface area contributed by atoms with Crippen molar-refractivity contribution in [1.82, 2.24) is 24.8 Å². The van der Waals surface area contributed by atoms with Crippen molar-refractivity contribution in [3.05, 3.63) is 72.8 Å². The molecule has 12 nitrogen and oxygen atoms in total. The Labute approximate surface area is 260 Å². The van der Waals surface area contributed by atoms with E-state index in [2.05, 4.69) is 10.3 Å². The van der Waals surface area contributed by atoms with Crippen LogP contribution in [0.25, 0.3) is 11.0 Å². The van der Waals surface area contributed by atoms with E-state index in [0.717, 1.165) is 5.52 Å². The maximum atomic E-state index is 14.6. The molecule has 0 aliphatic carbocycles. The first-order chi connectivity index (χ1) is 21.7. The van der Waals surface area contributed by atoms with E-state index in [0.29, 0.717) is 30.1 Å². The molecule has 0 bridgehead atoms. The Kier molecular flexibility index (Phi) is 7.01. The Balaban J connectivity index is 1.28. The van der Waals surface area contributed by atoms with Gasteiger partial charge in [-0.15, -0.1) is 5.10 Å². The summed E-state index contributed by atoms with van der Waals surface area (Å²) >= 11 is 0. The topological polar surface area (TPSA) is 130 Å². The van der Waals surface area contributed by atoms with Gasteiger partial charge in [-0.3, -0.25) is 14.4 Å². The van der Waals surface area contributed by atoms with Crippen LogP contribution in [0.2, 0.25) is 0 Å². The lowest BCUT2D eigenvalue weighted by Crippen LogP contribution is -2.58. The minimum absolute atomic E-state index is 0.0987. The molecule has 2 aromatic carbocycles. The standard InChI is InChI=1S/C33H36N6O6/c1-4-44-23-13-11-22(12-14-23)37-18-7-15-32(3)26(29(37)41)27-30(42)39(21(2)19-40)28-31(43)36(17-8-16-33(27,28)45-32)20-38-25-10-6-5-9-24(25)34-35-38/h5-16,21,26-28,40H,4,17-20H2,1-3H3/t21-,26+,27+,28?,32-,33+/m1/s1. The second-order valence-corrected chi connectivity index (χ2v) is 12.2. The minimum atomic E-state index is -1.43. The number of nitrogens with zero attached hydrogens (tertiary/aromatic N) is 6. The molecule has 0 saturated carbocycles. The Bertz CT molecular complexity index is 1720. The second-order valence-electron chi connectivity index (χ2n) is 12.2. The molecule has 2 fully saturated rings. The van der Waals surface area contributed by atoms with Crippen LogP contribution in [0.3, 0.4) is 0 Å². The van der Waals surface area contributed by atoms with E-state index in [1.165, 1.54) is 4.90 Å². The monoisotopic (exact) mass is 612 g/mol. The smallest absolute Gasteiger partial charge is 0.250 e. The molecule has 1 spiro atoms. The summed E-state index contributed by atoms with van der Waals surface area (Å²) in [4.78, 5) is 48.3. The van der Waals surface area contributed by atoms with E-state index >= 15 is 0 Å². The number of aliphatic hydroxyl groups excluding tert-OH is 1. The van der Waals surface area contributed by atoms with Crippen molar-refractivity contribution >= 4 is 34.4 Å². The average Bonchev–Trinajstić information content (AvgIpc) is 3.57. The van der Waals surface area contributed by atoms with Crippen molar-refractivity contribution in [3.63, 3.8) is 0 Å². The van der Waals surface area contributed by atoms with Crippen LogP contribution in [0.15, 0.2) is 72.8 Å². The van der Waals surface area contributed by atoms with Crippen molar-refractivity contribution in [2.75, 3.05) is 31.2 Å². The molecule has 12 heteroatoms. The van der Waals surface area contributed by atoms with E-state index < -0.39 is 41.0 Å². The van der Waals surface area contributed by atoms with Crippen LogP contribution in [0.4, 0.5) is 5.69 Å². The minimum Gasteiger partial charge on any atom is -0.494 e. The summed E-state index contributed by atoms with van der Waals surface area (Å²) in [6, 6.07) is 13.0. The number of carbonyl (C=O) groups is 3. The number of hydrogen-bond donors (Lipinski definition) is 1. The highest BCUT2D eigenvalue weighted by molar-refractivity contribution is 6.04. The fraction of sp³-hybridized carbons (Fsp3) is 0.424. The molecule has 7 rings (SSSR count). The third kappa shape index (κ3) is 4.38. The third-order valence-electron chi connectivity index (χ3n) is 9.50. The fourth-order valence-corrected chi connectivity index (χ4v) is 7.50. The van der Waals surface area contributed by atoms with Gasteiger partial charge in [0, 0.05) is 18.8 Å². The zero-order valence-corrected chi connectivity index (χ0v) is 25.4. The lowest BCUT2D eigenvalue weighted by Gasteiger charge is -2.39. The average molecular weight is 613 g/mol. The molecule has 6 atom stereocenters. The van der Waals surface area contributed by atoms with Gasteiger partial charge in [0.05, 0.1) is 42.2 Å². The van der Waals surface area contributed by atoms with E-state index in [1.54, 1.807) is 27.5 Å². The van der Waals surface area contributed by atoms with Gasteiger partial charge in [-0.25, -0.2) is 4.68 Å². The maximum absolute atomic E-state index is 14.6. The summed E-state index contributed by atoms with van der Waals surface area (Å²) in [6.45, 7) is 6.22. The highest BCUT2D eigenvalue weighted by atomic mass is 16.5. The molecular formula is C33H36N6O6. The van der Waals surface area contributed by atoms with Crippen LogP contribution in [0, 0.1) is 11.8 Å². The molecule has 234 valence electrons. The Hall–Kier alpha value is -4.55. The van der Waals surface area contributed by atoms with Crippen LogP contribution < -0.4 is 9.64 Å². The number of likely N-dealkylation sites (tertiary alicyclic amines) is 1. The van der Waals surface area contributed by atoms with Crippen LogP contribution >= 0.6 is 0 Å². The molecule has 1 unspecified atom stereocenters. The summed E-state index contributed by atoms with van der Waals surface area (Å²) < 4.78 is 14.1. The molecule has 1 aromatic heterocycles. The zero-order valence-electron chi connectivity index (χ0n) is 25.4. The molecule has 45 heavy (non-hydrogen) atoms. The van der Waals surface area contributed by atoms with Crippen LogP contribution in [-0.2, 0) is 25.8 Å². The number of aliphatic hydroxyl groups is 1. The predicted molar refractivity (Wildman–Crippen MR) is 164 cm³/mol. The second kappa shape index (κ2) is 10.8. The summed E-state index contributed by atoms with van der Waals surface area (Å²) in [5.74, 6) is -2.23. The van der Waals surface area contributed by atoms with E-state index in [9.17, 15) is 19.5 Å². The molecule has 4 aliphatic rings. The highest BCUT2D eigenvalue weighted by Crippen LogP contribution is 2.58. The SMILES string of the molecule is CCOc1ccc(N2CC=C[C@@]3(C)O[C@]45C=CCN(Cn6nnc7ccccc76)C(=O)C4N([C@H](C)CO)C(=O)[C@@H]5[C@H]3C2=O)cc1. The summed E-state index contributed by atoms with van der Waals surface area (Å²) in [7, 11) is 0. The molecule has 4 aliphatic heterocycles. The number of amides is 3. The van der Waals surface area contributed by atoms with Gasteiger partial charge in [0.2, 0.25) is 11.8 Å². The number of anilines is 1. The fourth-order valence-electron chi connectivity index (χ4n) is 7.50. The third-order valence-corrected chi connectivity index (χ3v) is 9.50. The molecule has 5 heterocycles. The van der Waals surface area contributed by atoms with E-state index in [1.807, 2.05) is 80.6 Å². The summed E-state index contributed by atoms with van der Waals surface area (Å²) in [5, 5.41) is 18.7. The van der Waals surface area contributed by atoms with Gasteiger partial charge in [0.15, 0.2) is 0 Å². The van der Waals surface area contributed by atoms with Crippen molar-refractivity contribution < 1.29 is 29.0 Å². The van der Waals surface area contributed by atoms with Crippen molar-refractivity contribution in [1.29, 1.82) is 0 Å². The van der Waals surface area contributed by atoms with Crippen LogP contribution in [-0.4, -0.2) is 97.2 Å². The molecular weight excluding hydrogens is 576 g/mol. The number of fused-ring (bicyclic) bond motifs is 3. The first-order valence-corrected chi connectivity index (χ1v) is 15.3. The highest BCUT2D eigenvalue weighted by Gasteiger charge is 2.75. The number of aromatic nitrogens is 3. The van der Waals surface area contributed by atoms with Gasteiger partial charge in [0.25, 0.3) is 5.91 Å². The van der Waals surface area contributed by atoms with Gasteiger partial charge in [-0.1, -0.05) is 41.7 Å². The molecule has 2 saturated heterocycles. The Morgan fingerprint density at radius 1 is 1.00 bits per heavy atom. The normalized spacial score (nSPS) is 29.9. The van der Waals surface area contributed by atoms with Crippen molar-refractivity contribution in [2.24, 2.45) is 11.8 Å². The zero-order chi connectivity index (χ0) is 31.5. The number of carbonyl (C=O) groups excluding carboxylic acids is 3. The number of benzene rings is 2. The van der Waals surface area contributed by atoms with E-state index in [4.69, 9.17) is 9.47 Å². The lowest BCUT2D eigenvalue weighted by atomic mass is 9.74. The van der Waals surface area contributed by atoms with Gasteiger partial charge in [-0.2, -0.15) is 0 Å². The van der Waals surface area contributed by atoms with Gasteiger partial charge < -0.3 is 29.3 Å². The Morgan fingerprint density at radius 2 is 1.76 bits per heavy atom. The summed E-state index contributed by atoms with van der Waals surface area (Å²) in [6.07, 6.45) is 7.36. The summed E-state index contributed by atoms with van der Waals surface area (Å²) in [5.41, 5.74) is -0.455. The van der Waals surface area contributed by atoms with Crippen molar-refractivity contribution in [3.8, 4) is 5.75 Å². The number of rotatable bonds is 7. The molecule has 3 aromatic rings. The van der Waals surface area contributed by atoms with Crippen LogP contribution in [0.5, 0.6) is 5.75 Å². The molecule has 3 amide bonds. The first kappa shape index (κ1) is 29.2. The number of hydrogen-bond acceptors (Lipinski definition) is 8. The largest absolute Gasteiger partial charge is 0.494 e. The van der Waals surface area contributed by atoms with Crippen molar-refractivity contribution in [2.45, 2.75) is 50.7 Å². The maximum Gasteiger partial charge on any atom is 0.250 e. The quantitative estimate of drug-likeness (QED) is 0.402.